The van der Waals surface area contributed by atoms with Gasteiger partial charge in [-0.05, 0) is 58.2 Å². The molecule has 130 valence electrons. The molecule has 0 saturated carbocycles. The molecule has 0 saturated heterocycles. The van der Waals surface area contributed by atoms with Crippen LogP contribution in [0.3, 0.4) is 0 Å². The minimum absolute atomic E-state index is 0.0443. The number of unbranched alkanes of at least 4 members (excludes halogenated alkanes) is 1. The molecule has 1 atom stereocenters. The number of carbonyl (C=O) groups is 1. The number of rotatable bonds is 6. The van der Waals surface area contributed by atoms with Gasteiger partial charge in [-0.25, -0.2) is 4.79 Å². The Morgan fingerprint density at radius 3 is 2.57 bits per heavy atom. The van der Waals surface area contributed by atoms with Crippen molar-refractivity contribution in [3.05, 3.63) is 29.3 Å². The Labute approximate surface area is 141 Å². The molecule has 4 heteroatoms. The Bertz CT molecular complexity index is 521. The average Bonchev–Trinajstić information content (AvgIpc) is 2.46. The highest BCUT2D eigenvalue weighted by Crippen LogP contribution is 2.26. The molecule has 1 N–H and O–H groups in total. The summed E-state index contributed by atoms with van der Waals surface area (Å²) in [5, 5.41) is 3.48. The number of aryl methyl sites for hydroxylation is 1. The summed E-state index contributed by atoms with van der Waals surface area (Å²) in [6.07, 6.45) is 2.02. The van der Waals surface area contributed by atoms with E-state index in [1.54, 1.807) is 11.9 Å². The molecule has 0 aliphatic carbocycles. The molecule has 0 aliphatic rings. The van der Waals surface area contributed by atoms with Crippen molar-refractivity contribution in [1.82, 2.24) is 4.90 Å². The van der Waals surface area contributed by atoms with E-state index in [9.17, 15) is 4.79 Å². The van der Waals surface area contributed by atoms with Crippen LogP contribution >= 0.6 is 0 Å². The molecule has 1 aromatic rings. The Kier molecular flexibility index (Phi) is 6.92. The Morgan fingerprint density at radius 2 is 2.00 bits per heavy atom. The van der Waals surface area contributed by atoms with Crippen LogP contribution in [-0.2, 0) is 4.74 Å². The first-order valence-corrected chi connectivity index (χ1v) is 8.46. The number of amides is 1. The molecule has 0 aromatic heterocycles. The van der Waals surface area contributed by atoms with Crippen LogP contribution in [0.2, 0.25) is 0 Å². The van der Waals surface area contributed by atoms with E-state index in [0.29, 0.717) is 0 Å². The summed E-state index contributed by atoms with van der Waals surface area (Å²) in [4.78, 5) is 13.9. The van der Waals surface area contributed by atoms with E-state index in [2.05, 4.69) is 37.4 Å². The Balaban J connectivity index is 2.84. The molecule has 0 heterocycles. The third-order valence-electron chi connectivity index (χ3n) is 3.85. The lowest BCUT2D eigenvalue weighted by Gasteiger charge is -2.29. The molecule has 0 aliphatic heterocycles. The molecule has 0 spiro atoms. The number of ether oxygens (including phenoxy) is 1. The highest BCUT2D eigenvalue weighted by atomic mass is 16.6. The quantitative estimate of drug-likeness (QED) is 0.738. The van der Waals surface area contributed by atoms with Gasteiger partial charge in [0.15, 0.2) is 0 Å². The fourth-order valence-corrected chi connectivity index (χ4v) is 2.21. The average molecular weight is 320 g/mol. The first-order chi connectivity index (χ1) is 10.7. The van der Waals surface area contributed by atoms with Crippen molar-refractivity contribution in [1.29, 1.82) is 0 Å². The number of hydrogen-bond acceptors (Lipinski definition) is 3. The second kappa shape index (κ2) is 8.23. The third kappa shape index (κ3) is 6.12. The van der Waals surface area contributed by atoms with E-state index in [0.717, 1.165) is 24.2 Å². The smallest absolute Gasteiger partial charge is 0.410 e. The second-order valence-electron chi connectivity index (χ2n) is 7.12. The Hall–Kier alpha value is -1.71. The Morgan fingerprint density at radius 1 is 1.35 bits per heavy atom. The van der Waals surface area contributed by atoms with E-state index < -0.39 is 5.60 Å². The van der Waals surface area contributed by atoms with E-state index in [4.69, 9.17) is 4.74 Å². The fraction of sp³-hybridized carbons (Fsp3) is 0.632. The summed E-state index contributed by atoms with van der Waals surface area (Å²) in [5.41, 5.74) is 2.98. The lowest BCUT2D eigenvalue weighted by atomic mass is 10.0. The molecule has 1 unspecified atom stereocenters. The van der Waals surface area contributed by atoms with Crippen molar-refractivity contribution in [2.45, 2.75) is 66.0 Å². The molecule has 0 radical (unpaired) electrons. The SMILES string of the molecule is CCCCNc1cc(C(C)N(C)C(=O)OC(C)(C)C)ccc1C. The van der Waals surface area contributed by atoms with Gasteiger partial charge in [-0.2, -0.15) is 0 Å². The van der Waals surface area contributed by atoms with Crippen molar-refractivity contribution in [2.75, 3.05) is 18.9 Å². The lowest BCUT2D eigenvalue weighted by Crippen LogP contribution is -2.35. The monoisotopic (exact) mass is 320 g/mol. The van der Waals surface area contributed by atoms with E-state index >= 15 is 0 Å². The number of hydrogen-bond donors (Lipinski definition) is 1. The third-order valence-corrected chi connectivity index (χ3v) is 3.85. The minimum atomic E-state index is -0.481. The fourth-order valence-electron chi connectivity index (χ4n) is 2.21. The van der Waals surface area contributed by atoms with Crippen molar-refractivity contribution >= 4 is 11.8 Å². The highest BCUT2D eigenvalue weighted by molar-refractivity contribution is 5.68. The predicted octanol–water partition coefficient (Wildman–Crippen LogP) is 5.13. The number of benzene rings is 1. The second-order valence-corrected chi connectivity index (χ2v) is 7.12. The summed E-state index contributed by atoms with van der Waals surface area (Å²) >= 11 is 0. The predicted molar refractivity (Wildman–Crippen MR) is 97.0 cm³/mol. The summed E-state index contributed by atoms with van der Waals surface area (Å²) in [7, 11) is 1.78. The number of nitrogens with zero attached hydrogens (tertiary/aromatic N) is 1. The van der Waals surface area contributed by atoms with Gasteiger partial charge in [0.1, 0.15) is 5.60 Å². The van der Waals surface area contributed by atoms with Gasteiger partial charge in [-0.3, -0.25) is 0 Å². The van der Waals surface area contributed by atoms with Crippen LogP contribution in [0.4, 0.5) is 10.5 Å². The van der Waals surface area contributed by atoms with Gasteiger partial charge in [-0.15, -0.1) is 0 Å². The van der Waals surface area contributed by atoms with Crippen LogP contribution in [0.5, 0.6) is 0 Å². The van der Waals surface area contributed by atoms with Crippen LogP contribution in [0, 0.1) is 6.92 Å². The molecule has 1 aromatic carbocycles. The lowest BCUT2D eigenvalue weighted by molar-refractivity contribution is 0.0234. The first-order valence-electron chi connectivity index (χ1n) is 8.46. The maximum Gasteiger partial charge on any atom is 0.410 e. The summed E-state index contributed by atoms with van der Waals surface area (Å²) < 4.78 is 5.45. The van der Waals surface area contributed by atoms with Crippen molar-refractivity contribution in [2.24, 2.45) is 0 Å². The summed E-state index contributed by atoms with van der Waals surface area (Å²) in [5.74, 6) is 0. The number of anilines is 1. The standard InChI is InChI=1S/C19H32N2O2/c1-8-9-12-20-17-13-16(11-10-14(17)2)15(3)21(7)18(22)23-19(4,5)6/h10-11,13,15,20H,8-9,12H2,1-7H3. The molecule has 23 heavy (non-hydrogen) atoms. The van der Waals surface area contributed by atoms with Crippen molar-refractivity contribution < 1.29 is 9.53 Å². The number of carbonyl (C=O) groups excluding carboxylic acids is 1. The summed E-state index contributed by atoms with van der Waals surface area (Å²) in [6, 6.07) is 6.27. The molecule has 0 fully saturated rings. The molecular weight excluding hydrogens is 288 g/mol. The molecular formula is C19H32N2O2. The van der Waals surface area contributed by atoms with E-state index in [1.807, 2.05) is 27.7 Å². The zero-order valence-electron chi connectivity index (χ0n) is 15.7. The van der Waals surface area contributed by atoms with E-state index in [-0.39, 0.29) is 12.1 Å². The molecule has 4 nitrogen and oxygen atoms in total. The van der Waals surface area contributed by atoms with E-state index in [1.165, 1.54) is 12.0 Å². The van der Waals surface area contributed by atoms with Gasteiger partial charge < -0.3 is 15.0 Å². The van der Waals surface area contributed by atoms with Gasteiger partial charge in [0.25, 0.3) is 0 Å². The van der Waals surface area contributed by atoms with Gasteiger partial charge in [0.2, 0.25) is 0 Å². The molecule has 1 rings (SSSR count). The van der Waals surface area contributed by atoms with Gasteiger partial charge in [0.05, 0.1) is 6.04 Å². The van der Waals surface area contributed by atoms with Crippen LogP contribution < -0.4 is 5.32 Å². The largest absolute Gasteiger partial charge is 0.444 e. The topological polar surface area (TPSA) is 41.6 Å². The normalized spacial score (nSPS) is 12.7. The van der Waals surface area contributed by atoms with Gasteiger partial charge in [-0.1, -0.05) is 25.5 Å². The minimum Gasteiger partial charge on any atom is -0.444 e. The first kappa shape index (κ1) is 19.3. The van der Waals surface area contributed by atoms with Crippen LogP contribution in [0.25, 0.3) is 0 Å². The zero-order valence-corrected chi connectivity index (χ0v) is 15.7. The highest BCUT2D eigenvalue weighted by Gasteiger charge is 2.24. The van der Waals surface area contributed by atoms with Crippen molar-refractivity contribution in [3.63, 3.8) is 0 Å². The maximum absolute atomic E-state index is 12.2. The van der Waals surface area contributed by atoms with Crippen LogP contribution in [0.15, 0.2) is 18.2 Å². The molecule has 0 bridgehead atoms. The van der Waals surface area contributed by atoms with Crippen molar-refractivity contribution in [3.8, 4) is 0 Å². The van der Waals surface area contributed by atoms with Crippen LogP contribution in [0.1, 0.15) is 64.6 Å². The number of nitrogens with one attached hydrogen (secondary N) is 1. The maximum atomic E-state index is 12.2. The summed E-state index contributed by atoms with van der Waals surface area (Å²) in [6.45, 7) is 12.9. The van der Waals surface area contributed by atoms with Crippen LogP contribution in [-0.4, -0.2) is 30.2 Å². The molecule has 1 amide bonds. The zero-order chi connectivity index (χ0) is 17.6. The van der Waals surface area contributed by atoms with Gasteiger partial charge in [0, 0.05) is 19.3 Å². The van der Waals surface area contributed by atoms with Gasteiger partial charge >= 0.3 is 6.09 Å².